The third-order valence-electron chi connectivity index (χ3n) is 2.62. The SMILES string of the molecule is O=C(O)c1cc([N+](=O)[O-])c(Nc2cccc(Cl)c2)cc1F. The van der Waals surface area contributed by atoms with Gasteiger partial charge >= 0.3 is 5.97 Å². The molecule has 2 rings (SSSR count). The number of aromatic carboxylic acids is 1. The predicted octanol–water partition coefficient (Wildman–Crippen LogP) is 3.83. The minimum absolute atomic E-state index is 0.162. The molecule has 0 saturated carbocycles. The van der Waals surface area contributed by atoms with Gasteiger partial charge in [-0.25, -0.2) is 9.18 Å². The zero-order valence-electron chi connectivity index (χ0n) is 10.3. The molecule has 21 heavy (non-hydrogen) atoms. The van der Waals surface area contributed by atoms with Crippen molar-refractivity contribution in [3.05, 3.63) is 62.9 Å². The van der Waals surface area contributed by atoms with Crippen molar-refractivity contribution in [2.45, 2.75) is 0 Å². The maximum atomic E-state index is 13.7. The first-order valence-corrected chi connectivity index (χ1v) is 6.00. The monoisotopic (exact) mass is 310 g/mol. The molecule has 0 atom stereocenters. The van der Waals surface area contributed by atoms with Crippen molar-refractivity contribution in [3.63, 3.8) is 0 Å². The lowest BCUT2D eigenvalue weighted by Crippen LogP contribution is -2.05. The summed E-state index contributed by atoms with van der Waals surface area (Å²) in [6.07, 6.45) is 0. The van der Waals surface area contributed by atoms with Crippen LogP contribution in [0.5, 0.6) is 0 Å². The van der Waals surface area contributed by atoms with Crippen molar-refractivity contribution < 1.29 is 19.2 Å². The Hall–Kier alpha value is -2.67. The molecule has 2 N–H and O–H groups in total. The molecule has 0 amide bonds. The minimum atomic E-state index is -1.58. The summed E-state index contributed by atoms with van der Waals surface area (Å²) in [5.41, 5.74) is -1.06. The van der Waals surface area contributed by atoms with E-state index in [2.05, 4.69) is 5.32 Å². The van der Waals surface area contributed by atoms with Gasteiger partial charge in [0, 0.05) is 22.8 Å². The maximum Gasteiger partial charge on any atom is 0.338 e. The van der Waals surface area contributed by atoms with Gasteiger partial charge in [-0.15, -0.1) is 0 Å². The van der Waals surface area contributed by atoms with Crippen molar-refractivity contribution in [1.29, 1.82) is 0 Å². The molecule has 2 aromatic carbocycles. The number of hydrogen-bond donors (Lipinski definition) is 2. The third kappa shape index (κ3) is 3.26. The number of benzene rings is 2. The van der Waals surface area contributed by atoms with Gasteiger partial charge in [0.15, 0.2) is 0 Å². The van der Waals surface area contributed by atoms with Gasteiger partial charge in [0.25, 0.3) is 5.69 Å². The van der Waals surface area contributed by atoms with Crippen LogP contribution in [-0.4, -0.2) is 16.0 Å². The number of carboxylic acid groups (broad SMARTS) is 1. The molecule has 108 valence electrons. The first-order valence-electron chi connectivity index (χ1n) is 5.62. The summed E-state index contributed by atoms with van der Waals surface area (Å²) in [6, 6.07) is 7.73. The van der Waals surface area contributed by atoms with Crippen LogP contribution in [0.2, 0.25) is 5.02 Å². The zero-order chi connectivity index (χ0) is 15.6. The van der Waals surface area contributed by atoms with Gasteiger partial charge < -0.3 is 10.4 Å². The molecule has 8 heteroatoms. The van der Waals surface area contributed by atoms with Gasteiger partial charge in [-0.05, 0) is 18.2 Å². The molecule has 6 nitrogen and oxygen atoms in total. The smallest absolute Gasteiger partial charge is 0.338 e. The Bertz CT molecular complexity index is 736. The van der Waals surface area contributed by atoms with E-state index >= 15 is 0 Å². The van der Waals surface area contributed by atoms with Crippen molar-refractivity contribution in [2.75, 3.05) is 5.32 Å². The Balaban J connectivity index is 2.50. The van der Waals surface area contributed by atoms with Crippen molar-refractivity contribution in [2.24, 2.45) is 0 Å². The molecule has 0 bridgehead atoms. The fourth-order valence-corrected chi connectivity index (χ4v) is 1.89. The summed E-state index contributed by atoms with van der Waals surface area (Å²) in [5, 5.41) is 22.8. The molecule has 0 saturated heterocycles. The number of carboxylic acids is 1. The number of nitrogens with one attached hydrogen (secondary N) is 1. The number of nitro benzene ring substituents is 1. The molecule has 0 heterocycles. The fraction of sp³-hybridized carbons (Fsp3) is 0. The number of hydrogen-bond acceptors (Lipinski definition) is 4. The highest BCUT2D eigenvalue weighted by Gasteiger charge is 2.22. The molecular formula is C13H8ClFN2O4. The van der Waals surface area contributed by atoms with Crippen LogP contribution < -0.4 is 5.32 Å². The van der Waals surface area contributed by atoms with Gasteiger partial charge in [-0.2, -0.15) is 0 Å². The highest BCUT2D eigenvalue weighted by atomic mass is 35.5. The van der Waals surface area contributed by atoms with E-state index in [0.717, 1.165) is 6.07 Å². The third-order valence-corrected chi connectivity index (χ3v) is 2.85. The summed E-state index contributed by atoms with van der Waals surface area (Å²) in [6.45, 7) is 0. The standard InChI is InChI=1S/C13H8ClFN2O4/c14-7-2-1-3-8(4-7)16-11-6-10(15)9(13(18)19)5-12(11)17(20)21/h1-6,16H,(H,18,19). The van der Waals surface area contributed by atoms with Crippen molar-refractivity contribution in [3.8, 4) is 0 Å². The molecule has 0 radical (unpaired) electrons. The Kier molecular flexibility index (Phi) is 4.04. The fourth-order valence-electron chi connectivity index (χ4n) is 1.70. The average Bonchev–Trinajstić information content (AvgIpc) is 2.37. The summed E-state index contributed by atoms with van der Waals surface area (Å²) in [4.78, 5) is 21.0. The van der Waals surface area contributed by atoms with E-state index in [1.54, 1.807) is 18.2 Å². The number of nitro groups is 1. The first-order chi connectivity index (χ1) is 9.88. The second-order valence-electron chi connectivity index (χ2n) is 4.05. The summed E-state index contributed by atoms with van der Waals surface area (Å²) < 4.78 is 13.7. The number of anilines is 2. The van der Waals surface area contributed by atoms with E-state index in [9.17, 15) is 19.3 Å². The normalized spacial score (nSPS) is 10.2. The maximum absolute atomic E-state index is 13.7. The first kappa shape index (κ1) is 14.7. The molecule has 0 aliphatic rings. The van der Waals surface area contributed by atoms with E-state index < -0.39 is 28.0 Å². The van der Waals surface area contributed by atoms with Crippen LogP contribution in [0.3, 0.4) is 0 Å². The summed E-state index contributed by atoms with van der Waals surface area (Å²) in [7, 11) is 0. The molecule has 2 aromatic rings. The van der Waals surface area contributed by atoms with Crippen LogP contribution in [0.25, 0.3) is 0 Å². The molecule has 0 aliphatic heterocycles. The van der Waals surface area contributed by atoms with Gasteiger partial charge in [0.2, 0.25) is 0 Å². The van der Waals surface area contributed by atoms with E-state index in [0.29, 0.717) is 16.8 Å². The van der Waals surface area contributed by atoms with Crippen molar-refractivity contribution in [1.82, 2.24) is 0 Å². The van der Waals surface area contributed by atoms with Gasteiger partial charge in [0.05, 0.1) is 4.92 Å². The Morgan fingerprint density at radius 1 is 1.33 bits per heavy atom. The van der Waals surface area contributed by atoms with Crippen LogP contribution in [0.15, 0.2) is 36.4 Å². The minimum Gasteiger partial charge on any atom is -0.478 e. The molecule has 0 unspecified atom stereocenters. The second-order valence-corrected chi connectivity index (χ2v) is 4.48. The second kappa shape index (κ2) is 5.76. The van der Waals surface area contributed by atoms with E-state index in [-0.39, 0.29) is 5.69 Å². The largest absolute Gasteiger partial charge is 0.478 e. The topological polar surface area (TPSA) is 92.5 Å². The van der Waals surface area contributed by atoms with E-state index in [1.807, 2.05) is 0 Å². The number of rotatable bonds is 4. The number of nitrogens with zero attached hydrogens (tertiary/aromatic N) is 1. The molecule has 0 aliphatic carbocycles. The quantitative estimate of drug-likeness (QED) is 0.661. The highest BCUT2D eigenvalue weighted by molar-refractivity contribution is 6.30. The van der Waals surface area contributed by atoms with Gasteiger partial charge in [-0.3, -0.25) is 10.1 Å². The van der Waals surface area contributed by atoms with Crippen molar-refractivity contribution >= 4 is 34.6 Å². The lowest BCUT2D eigenvalue weighted by atomic mass is 10.1. The van der Waals surface area contributed by atoms with Crippen LogP contribution >= 0.6 is 11.6 Å². The predicted molar refractivity (Wildman–Crippen MR) is 74.7 cm³/mol. The molecular weight excluding hydrogens is 303 g/mol. The number of carbonyl (C=O) groups is 1. The Morgan fingerprint density at radius 3 is 2.62 bits per heavy atom. The van der Waals surface area contributed by atoms with E-state index in [1.165, 1.54) is 6.07 Å². The molecule has 0 spiro atoms. The lowest BCUT2D eigenvalue weighted by Gasteiger charge is -2.09. The zero-order valence-corrected chi connectivity index (χ0v) is 11.1. The molecule has 0 aromatic heterocycles. The molecule has 0 fully saturated rings. The lowest BCUT2D eigenvalue weighted by molar-refractivity contribution is -0.384. The van der Waals surface area contributed by atoms with Gasteiger partial charge in [-0.1, -0.05) is 17.7 Å². The van der Waals surface area contributed by atoms with Crippen LogP contribution in [-0.2, 0) is 0 Å². The Morgan fingerprint density at radius 2 is 2.05 bits per heavy atom. The number of halogens is 2. The van der Waals surface area contributed by atoms with E-state index in [4.69, 9.17) is 16.7 Å². The Labute approximate surface area is 122 Å². The highest BCUT2D eigenvalue weighted by Crippen LogP contribution is 2.31. The summed E-state index contributed by atoms with van der Waals surface area (Å²) in [5.74, 6) is -2.65. The average molecular weight is 311 g/mol. The summed E-state index contributed by atoms with van der Waals surface area (Å²) >= 11 is 5.79. The van der Waals surface area contributed by atoms with Crippen LogP contribution in [0.4, 0.5) is 21.5 Å². The van der Waals surface area contributed by atoms with Crippen LogP contribution in [0.1, 0.15) is 10.4 Å². The van der Waals surface area contributed by atoms with Crippen LogP contribution in [0, 0.1) is 15.9 Å². The van der Waals surface area contributed by atoms with Gasteiger partial charge in [0.1, 0.15) is 17.1 Å².